The number of cyclic esters (lactones) is 1. The normalized spacial score (nSPS) is 27.4. The number of unbranched alkanes of at least 4 members (excludes halogenated alkanes) is 14. The molecule has 5 unspecified atom stereocenters. The van der Waals surface area contributed by atoms with Gasteiger partial charge in [0.15, 0.2) is 0 Å². The summed E-state index contributed by atoms with van der Waals surface area (Å²) >= 11 is 0. The number of aliphatic hydroxyl groups excluding tert-OH is 3. The topological polar surface area (TPSA) is 105 Å². The molecule has 256 valence electrons. The van der Waals surface area contributed by atoms with Crippen LogP contribution >= 0.6 is 0 Å². The number of carbonyl (C=O) groups excluding carboxylic acids is 1. The van der Waals surface area contributed by atoms with E-state index in [1.165, 1.54) is 57.8 Å². The van der Waals surface area contributed by atoms with Gasteiger partial charge >= 0.3 is 5.97 Å². The van der Waals surface area contributed by atoms with Crippen LogP contribution < -0.4 is 0 Å². The summed E-state index contributed by atoms with van der Waals surface area (Å²) in [5.74, 6) is -0.289. The van der Waals surface area contributed by atoms with E-state index < -0.39 is 12.2 Å². The van der Waals surface area contributed by atoms with Crippen LogP contribution in [0.5, 0.6) is 0 Å². The molecule has 0 aliphatic carbocycles. The zero-order valence-electron chi connectivity index (χ0n) is 28.1. The first-order valence-electron chi connectivity index (χ1n) is 18.6. The molecule has 3 N–H and O–H groups in total. The van der Waals surface area contributed by atoms with Gasteiger partial charge in [0.25, 0.3) is 0 Å². The van der Waals surface area contributed by atoms with E-state index in [9.17, 15) is 20.1 Å². The van der Waals surface area contributed by atoms with E-state index in [1.807, 2.05) is 6.92 Å². The molecule has 0 radical (unpaired) electrons. The van der Waals surface area contributed by atoms with E-state index in [0.29, 0.717) is 18.4 Å². The molecule has 2 fully saturated rings. The third kappa shape index (κ3) is 14.2. The van der Waals surface area contributed by atoms with Gasteiger partial charge in [-0.25, -0.2) is 4.79 Å². The van der Waals surface area contributed by atoms with Crippen LogP contribution in [0.3, 0.4) is 0 Å². The van der Waals surface area contributed by atoms with Gasteiger partial charge in [0.2, 0.25) is 0 Å². The Morgan fingerprint density at radius 3 is 1.52 bits per heavy atom. The lowest BCUT2D eigenvalue weighted by Gasteiger charge is -2.24. The van der Waals surface area contributed by atoms with Crippen LogP contribution in [0.4, 0.5) is 0 Å². The monoisotopic (exact) mass is 622 g/mol. The number of rotatable bonds is 25. The van der Waals surface area contributed by atoms with E-state index in [2.05, 4.69) is 6.92 Å². The SMILES string of the molecule is CCCCCCCCCCCCC(O)C1CC[C@H](C2CC[C@H](C(O)CCCCCCCCC(O)CC3=C[C@H](C)OC3=O)O2)O1. The first-order chi connectivity index (χ1) is 21.4. The lowest BCUT2D eigenvalue weighted by molar-refractivity contribution is -0.139. The smallest absolute Gasteiger partial charge is 0.334 e. The molecule has 0 aromatic rings. The maximum Gasteiger partial charge on any atom is 0.334 e. The highest BCUT2D eigenvalue weighted by atomic mass is 16.6. The van der Waals surface area contributed by atoms with Crippen molar-refractivity contribution in [3.05, 3.63) is 11.6 Å². The molecule has 0 aromatic heterocycles. The summed E-state index contributed by atoms with van der Waals surface area (Å²) in [6.07, 6.45) is 26.1. The van der Waals surface area contributed by atoms with Crippen LogP contribution in [0, 0.1) is 0 Å². The molecule has 0 spiro atoms. The van der Waals surface area contributed by atoms with Crippen LogP contribution in [0.2, 0.25) is 0 Å². The summed E-state index contributed by atoms with van der Waals surface area (Å²) < 4.78 is 17.7. The summed E-state index contributed by atoms with van der Waals surface area (Å²) in [7, 11) is 0. The van der Waals surface area contributed by atoms with Crippen LogP contribution in [0.25, 0.3) is 0 Å². The average molecular weight is 623 g/mol. The lowest BCUT2D eigenvalue weighted by Crippen LogP contribution is -2.33. The van der Waals surface area contributed by atoms with Gasteiger partial charge < -0.3 is 29.5 Å². The summed E-state index contributed by atoms with van der Waals surface area (Å²) in [5, 5.41) is 31.7. The predicted octanol–water partition coefficient (Wildman–Crippen LogP) is 7.86. The summed E-state index contributed by atoms with van der Waals surface area (Å²) in [6, 6.07) is 0. The minimum absolute atomic E-state index is 0.0403. The Labute approximate surface area is 268 Å². The fraction of sp³-hybridized carbons (Fsp3) is 0.919. The molecule has 3 rings (SSSR count). The van der Waals surface area contributed by atoms with Gasteiger partial charge in [-0.1, -0.05) is 110 Å². The van der Waals surface area contributed by atoms with Crippen molar-refractivity contribution in [2.45, 2.75) is 217 Å². The van der Waals surface area contributed by atoms with Crippen molar-refractivity contribution in [1.82, 2.24) is 0 Å². The molecule has 3 aliphatic rings. The molecular weight excluding hydrogens is 556 g/mol. The molecule has 0 saturated carbocycles. The predicted molar refractivity (Wildman–Crippen MR) is 175 cm³/mol. The molecule has 3 heterocycles. The Balaban J connectivity index is 1.14. The number of hydrogen-bond donors (Lipinski definition) is 3. The lowest BCUT2D eigenvalue weighted by atomic mass is 10.00. The zero-order valence-corrected chi connectivity index (χ0v) is 28.1. The molecule has 0 amide bonds. The molecule has 0 aromatic carbocycles. The van der Waals surface area contributed by atoms with E-state index >= 15 is 0 Å². The fourth-order valence-corrected chi connectivity index (χ4v) is 7.28. The van der Waals surface area contributed by atoms with Gasteiger partial charge in [-0.05, 0) is 57.9 Å². The Kier molecular flexibility index (Phi) is 18.5. The second kappa shape index (κ2) is 21.7. The Morgan fingerprint density at radius 1 is 0.659 bits per heavy atom. The Morgan fingerprint density at radius 2 is 1.09 bits per heavy atom. The second-order valence-electron chi connectivity index (χ2n) is 14.0. The largest absolute Gasteiger partial charge is 0.455 e. The highest BCUT2D eigenvalue weighted by Gasteiger charge is 2.40. The van der Waals surface area contributed by atoms with Crippen molar-refractivity contribution in [3.63, 3.8) is 0 Å². The minimum Gasteiger partial charge on any atom is -0.455 e. The number of aliphatic hydroxyl groups is 3. The molecule has 8 atom stereocenters. The van der Waals surface area contributed by atoms with E-state index in [4.69, 9.17) is 14.2 Å². The average Bonchev–Trinajstić information content (AvgIpc) is 3.75. The van der Waals surface area contributed by atoms with E-state index in [1.54, 1.807) is 6.08 Å². The van der Waals surface area contributed by atoms with Crippen molar-refractivity contribution in [1.29, 1.82) is 0 Å². The van der Waals surface area contributed by atoms with Gasteiger partial charge in [-0.2, -0.15) is 0 Å². The van der Waals surface area contributed by atoms with Crippen molar-refractivity contribution < 1.29 is 34.3 Å². The maximum atomic E-state index is 11.7. The first-order valence-corrected chi connectivity index (χ1v) is 18.6. The Hall–Kier alpha value is -0.990. The van der Waals surface area contributed by atoms with Crippen molar-refractivity contribution in [3.8, 4) is 0 Å². The maximum absolute atomic E-state index is 11.7. The fourth-order valence-electron chi connectivity index (χ4n) is 7.28. The van der Waals surface area contributed by atoms with Crippen LogP contribution in [0.15, 0.2) is 11.6 Å². The van der Waals surface area contributed by atoms with Gasteiger partial charge in [0.05, 0.1) is 42.7 Å². The number of ether oxygens (including phenoxy) is 3. The number of carbonyl (C=O) groups is 1. The quantitative estimate of drug-likeness (QED) is 0.0703. The second-order valence-corrected chi connectivity index (χ2v) is 14.0. The van der Waals surface area contributed by atoms with Crippen molar-refractivity contribution in [2.75, 3.05) is 0 Å². The summed E-state index contributed by atoms with van der Waals surface area (Å²) in [5.41, 5.74) is 0.606. The summed E-state index contributed by atoms with van der Waals surface area (Å²) in [6.45, 7) is 4.10. The molecule has 2 saturated heterocycles. The summed E-state index contributed by atoms with van der Waals surface area (Å²) in [4.78, 5) is 11.7. The van der Waals surface area contributed by atoms with Crippen LogP contribution in [-0.2, 0) is 19.0 Å². The van der Waals surface area contributed by atoms with Crippen molar-refractivity contribution >= 4 is 5.97 Å². The van der Waals surface area contributed by atoms with Crippen LogP contribution in [0.1, 0.15) is 168 Å². The number of hydrogen-bond acceptors (Lipinski definition) is 7. The molecular formula is C37H66O7. The molecule has 7 nitrogen and oxygen atoms in total. The third-order valence-electron chi connectivity index (χ3n) is 10.0. The highest BCUT2D eigenvalue weighted by Crippen LogP contribution is 2.34. The Bertz CT molecular complexity index is 801. The van der Waals surface area contributed by atoms with Gasteiger partial charge in [-0.15, -0.1) is 0 Å². The molecule has 7 heteroatoms. The molecule has 44 heavy (non-hydrogen) atoms. The first kappa shape index (κ1) is 37.5. The van der Waals surface area contributed by atoms with Gasteiger partial charge in [-0.3, -0.25) is 0 Å². The van der Waals surface area contributed by atoms with Gasteiger partial charge in [0.1, 0.15) is 6.10 Å². The van der Waals surface area contributed by atoms with E-state index in [0.717, 1.165) is 83.5 Å². The number of esters is 1. The zero-order chi connectivity index (χ0) is 31.6. The van der Waals surface area contributed by atoms with E-state index in [-0.39, 0.29) is 42.6 Å². The van der Waals surface area contributed by atoms with Crippen molar-refractivity contribution in [2.24, 2.45) is 0 Å². The van der Waals surface area contributed by atoms with Gasteiger partial charge in [0, 0.05) is 12.0 Å². The highest BCUT2D eigenvalue weighted by molar-refractivity contribution is 5.90. The molecule has 3 aliphatic heterocycles. The standard InChI is InChI=1S/C37H66O7/c1-3-4-5-6-7-8-9-10-14-17-20-31(39)33-22-24-35(43-33)36-25-23-34(44-36)32(40)21-18-15-12-11-13-16-19-30(38)27-29-26-28(2)42-37(29)41/h26,28,30-36,38-40H,3-25,27H2,1-2H3/t28-,30?,31?,32?,33?,34+,35+,36?/m0/s1. The molecule has 0 bridgehead atoms. The van der Waals surface area contributed by atoms with Crippen LogP contribution in [-0.4, -0.2) is 70.1 Å². The minimum atomic E-state index is -0.482. The third-order valence-corrected chi connectivity index (χ3v) is 10.0.